The Morgan fingerprint density at radius 3 is 2.26 bits per heavy atom. The molecule has 4 atom stereocenters. The molecule has 2 N–H and O–H groups in total. The number of rotatable bonds is 11. The molecule has 0 radical (unpaired) electrons. The molecular formula is C26H32N2O6. The van der Waals surface area contributed by atoms with Crippen molar-refractivity contribution in [2.24, 2.45) is 0 Å². The van der Waals surface area contributed by atoms with Crippen molar-refractivity contribution in [3.63, 3.8) is 0 Å². The van der Waals surface area contributed by atoms with Crippen molar-refractivity contribution in [3.05, 3.63) is 71.8 Å². The van der Waals surface area contributed by atoms with Gasteiger partial charge in [-0.1, -0.05) is 60.7 Å². The second kappa shape index (κ2) is 12.3. The summed E-state index contributed by atoms with van der Waals surface area (Å²) < 4.78 is 10.8. The molecule has 1 saturated heterocycles. The molecule has 0 spiro atoms. The lowest BCUT2D eigenvalue weighted by molar-refractivity contribution is -0.151. The van der Waals surface area contributed by atoms with Crippen molar-refractivity contribution in [1.82, 2.24) is 10.2 Å². The van der Waals surface area contributed by atoms with Crippen LogP contribution in [0.1, 0.15) is 30.9 Å². The van der Waals surface area contributed by atoms with Crippen molar-refractivity contribution in [1.29, 1.82) is 0 Å². The van der Waals surface area contributed by atoms with Gasteiger partial charge >= 0.3 is 11.9 Å². The van der Waals surface area contributed by atoms with E-state index in [4.69, 9.17) is 9.47 Å². The Kier molecular flexibility index (Phi) is 9.18. The molecule has 0 aliphatic carbocycles. The Morgan fingerprint density at radius 2 is 1.68 bits per heavy atom. The zero-order chi connectivity index (χ0) is 24.5. The number of carboxylic acids is 1. The lowest BCUT2D eigenvalue weighted by Crippen LogP contribution is -2.53. The van der Waals surface area contributed by atoms with Gasteiger partial charge in [0.1, 0.15) is 18.7 Å². The number of hydrogen-bond acceptors (Lipinski definition) is 6. The van der Waals surface area contributed by atoms with Crippen LogP contribution in [0.5, 0.6) is 0 Å². The summed E-state index contributed by atoms with van der Waals surface area (Å²) >= 11 is 0. The minimum Gasteiger partial charge on any atom is -0.480 e. The van der Waals surface area contributed by atoms with Crippen LogP contribution in [-0.4, -0.2) is 65.7 Å². The predicted octanol–water partition coefficient (Wildman–Crippen LogP) is 2.41. The number of ether oxygens (including phenoxy) is 2. The number of hydrogen-bond donors (Lipinski definition) is 2. The smallest absolute Gasteiger partial charge is 0.326 e. The third-order valence-electron chi connectivity index (χ3n) is 6.06. The van der Waals surface area contributed by atoms with Crippen molar-refractivity contribution in [2.75, 3.05) is 13.7 Å². The van der Waals surface area contributed by atoms with Gasteiger partial charge in [-0.3, -0.25) is 14.9 Å². The van der Waals surface area contributed by atoms with E-state index in [0.29, 0.717) is 12.8 Å². The fourth-order valence-corrected chi connectivity index (χ4v) is 4.12. The molecule has 8 nitrogen and oxygen atoms in total. The highest BCUT2D eigenvalue weighted by atomic mass is 16.5. The van der Waals surface area contributed by atoms with E-state index in [0.717, 1.165) is 11.1 Å². The number of benzene rings is 2. The summed E-state index contributed by atoms with van der Waals surface area (Å²) in [4.78, 5) is 39.1. The first-order valence-electron chi connectivity index (χ1n) is 11.5. The van der Waals surface area contributed by atoms with Gasteiger partial charge in [-0.15, -0.1) is 0 Å². The Labute approximate surface area is 199 Å². The number of amides is 1. The van der Waals surface area contributed by atoms with E-state index in [-0.39, 0.29) is 31.6 Å². The fraction of sp³-hybridized carbons (Fsp3) is 0.423. The Hall–Kier alpha value is -3.23. The van der Waals surface area contributed by atoms with Crippen LogP contribution in [0.4, 0.5) is 0 Å². The third kappa shape index (κ3) is 6.88. The number of nitrogens with one attached hydrogen (secondary N) is 1. The van der Waals surface area contributed by atoms with Crippen LogP contribution >= 0.6 is 0 Å². The van der Waals surface area contributed by atoms with Gasteiger partial charge < -0.3 is 19.5 Å². The minimum atomic E-state index is -1.07. The topological polar surface area (TPSA) is 105 Å². The molecule has 1 aliphatic rings. The molecule has 1 fully saturated rings. The van der Waals surface area contributed by atoms with Gasteiger partial charge in [-0.05, 0) is 30.9 Å². The molecular weight excluding hydrogens is 436 g/mol. The van der Waals surface area contributed by atoms with Gasteiger partial charge in [0.05, 0.1) is 12.1 Å². The lowest BCUT2D eigenvalue weighted by Gasteiger charge is -2.27. The Bertz CT molecular complexity index is 952. The quantitative estimate of drug-likeness (QED) is 0.488. The zero-order valence-corrected chi connectivity index (χ0v) is 19.6. The standard InChI is InChI=1S/C26H32N2O6/c1-18(24(29)28-16-21(33-2)15-23(28)25(30)31)27-22(14-13-19-9-5-3-6-10-19)26(32)34-17-20-11-7-4-8-12-20/h3-12,18,21-23,27H,13-17H2,1-2H3,(H,30,31)/t18-,21+,22-,23-/m0/s1. The molecule has 2 aromatic rings. The van der Waals surface area contributed by atoms with Crippen LogP contribution in [0.2, 0.25) is 0 Å². The lowest BCUT2D eigenvalue weighted by atomic mass is 10.0. The van der Waals surface area contributed by atoms with Crippen molar-refractivity contribution in [2.45, 2.75) is 57.0 Å². The van der Waals surface area contributed by atoms with Gasteiger partial charge in [-0.2, -0.15) is 0 Å². The first-order chi connectivity index (χ1) is 16.4. The zero-order valence-electron chi connectivity index (χ0n) is 19.6. The number of nitrogens with zero attached hydrogens (tertiary/aromatic N) is 1. The predicted molar refractivity (Wildman–Crippen MR) is 126 cm³/mol. The molecule has 1 aliphatic heterocycles. The summed E-state index contributed by atoms with van der Waals surface area (Å²) in [7, 11) is 1.50. The second-order valence-corrected chi connectivity index (χ2v) is 8.50. The van der Waals surface area contributed by atoms with Gasteiger partial charge in [0.15, 0.2) is 0 Å². The molecule has 3 rings (SSSR count). The molecule has 0 bridgehead atoms. The fourth-order valence-electron chi connectivity index (χ4n) is 4.12. The van der Waals surface area contributed by atoms with E-state index in [2.05, 4.69) is 5.32 Å². The highest BCUT2D eigenvalue weighted by Crippen LogP contribution is 2.21. The molecule has 0 aromatic heterocycles. The van der Waals surface area contributed by atoms with Crippen molar-refractivity contribution >= 4 is 17.8 Å². The third-order valence-corrected chi connectivity index (χ3v) is 6.06. The summed E-state index contributed by atoms with van der Waals surface area (Å²) in [6.07, 6.45) is 0.952. The van der Waals surface area contributed by atoms with E-state index in [1.807, 2.05) is 60.7 Å². The summed E-state index contributed by atoms with van der Waals surface area (Å²) in [6.45, 7) is 1.97. The SMILES string of the molecule is CO[C@@H]1C[C@@H](C(=O)O)N(C(=O)[C@H](C)N[C@@H](CCc2ccccc2)C(=O)OCc2ccccc2)C1. The van der Waals surface area contributed by atoms with Gasteiger partial charge in [-0.25, -0.2) is 4.79 Å². The van der Waals surface area contributed by atoms with E-state index >= 15 is 0 Å². The van der Waals surface area contributed by atoms with Gasteiger partial charge in [0.2, 0.25) is 5.91 Å². The van der Waals surface area contributed by atoms with Crippen LogP contribution in [0.15, 0.2) is 60.7 Å². The molecule has 182 valence electrons. The van der Waals surface area contributed by atoms with E-state index in [1.54, 1.807) is 6.92 Å². The van der Waals surface area contributed by atoms with Crippen LogP contribution < -0.4 is 5.32 Å². The number of aryl methyl sites for hydroxylation is 1. The number of esters is 1. The largest absolute Gasteiger partial charge is 0.480 e. The Balaban J connectivity index is 1.67. The maximum Gasteiger partial charge on any atom is 0.326 e. The molecule has 34 heavy (non-hydrogen) atoms. The first-order valence-corrected chi connectivity index (χ1v) is 11.5. The number of likely N-dealkylation sites (tertiary alicyclic amines) is 1. The van der Waals surface area contributed by atoms with Gasteiger partial charge in [0.25, 0.3) is 0 Å². The first kappa shape index (κ1) is 25.4. The summed E-state index contributed by atoms with van der Waals surface area (Å²) in [5.41, 5.74) is 1.94. The van der Waals surface area contributed by atoms with E-state index in [1.165, 1.54) is 12.0 Å². The highest BCUT2D eigenvalue weighted by Gasteiger charge is 2.41. The van der Waals surface area contributed by atoms with Crippen molar-refractivity contribution < 1.29 is 29.0 Å². The number of carboxylic acid groups (broad SMARTS) is 1. The monoisotopic (exact) mass is 468 g/mol. The van der Waals surface area contributed by atoms with Crippen LogP contribution in [0.25, 0.3) is 0 Å². The summed E-state index contributed by atoms with van der Waals surface area (Å²) in [5, 5.41) is 12.6. The molecule has 1 heterocycles. The normalized spacial score (nSPS) is 19.4. The van der Waals surface area contributed by atoms with Crippen LogP contribution in [0.3, 0.4) is 0 Å². The van der Waals surface area contributed by atoms with E-state index < -0.39 is 30.1 Å². The number of carbonyl (C=O) groups is 3. The van der Waals surface area contributed by atoms with Crippen molar-refractivity contribution in [3.8, 4) is 0 Å². The maximum absolute atomic E-state index is 13.1. The average molecular weight is 469 g/mol. The average Bonchev–Trinajstić information content (AvgIpc) is 3.30. The van der Waals surface area contributed by atoms with Crippen LogP contribution in [0, 0.1) is 0 Å². The van der Waals surface area contributed by atoms with E-state index in [9.17, 15) is 19.5 Å². The summed E-state index contributed by atoms with van der Waals surface area (Å²) in [6, 6.07) is 16.7. The molecule has 8 heteroatoms. The highest BCUT2D eigenvalue weighted by molar-refractivity contribution is 5.88. The summed E-state index contributed by atoms with van der Waals surface area (Å²) in [5.74, 6) is -1.90. The molecule has 2 aromatic carbocycles. The number of methoxy groups -OCH3 is 1. The molecule has 0 saturated carbocycles. The molecule has 0 unspecified atom stereocenters. The molecule has 1 amide bonds. The minimum absolute atomic E-state index is 0.133. The number of aliphatic carboxylic acids is 1. The Morgan fingerprint density at radius 1 is 1.06 bits per heavy atom. The van der Waals surface area contributed by atoms with Crippen LogP contribution in [-0.2, 0) is 36.9 Å². The second-order valence-electron chi connectivity index (χ2n) is 8.50. The maximum atomic E-state index is 13.1. The van der Waals surface area contributed by atoms with Gasteiger partial charge in [0, 0.05) is 20.1 Å². The number of carbonyl (C=O) groups excluding carboxylic acids is 2.